The van der Waals surface area contributed by atoms with Gasteiger partial charge in [0.05, 0.1) is 23.9 Å². The molecular weight excluding hydrogens is 641 g/mol. The van der Waals surface area contributed by atoms with E-state index in [1.54, 1.807) is 36.4 Å². The van der Waals surface area contributed by atoms with Crippen molar-refractivity contribution in [3.05, 3.63) is 70.3 Å². The van der Waals surface area contributed by atoms with E-state index in [0.29, 0.717) is 46.3 Å². The highest BCUT2D eigenvalue weighted by atomic mass is 35.5. The molecule has 0 saturated carbocycles. The highest BCUT2D eigenvalue weighted by molar-refractivity contribution is 6.36. The van der Waals surface area contributed by atoms with Crippen LogP contribution < -0.4 is 9.80 Å². The second-order valence-electron chi connectivity index (χ2n) is 11.2. The number of halogens is 4. The number of anilines is 2. The third-order valence-corrected chi connectivity index (χ3v) is 8.70. The van der Waals surface area contributed by atoms with Gasteiger partial charge in [-0.25, -0.2) is 23.5 Å². The van der Waals surface area contributed by atoms with Gasteiger partial charge in [0, 0.05) is 35.4 Å². The molecule has 4 aromatic rings. The van der Waals surface area contributed by atoms with E-state index in [1.165, 1.54) is 4.90 Å². The highest BCUT2D eigenvalue weighted by Crippen LogP contribution is 2.41. The lowest BCUT2D eigenvalue weighted by Gasteiger charge is -2.41. The first-order valence-corrected chi connectivity index (χ1v) is 15.9. The van der Waals surface area contributed by atoms with E-state index >= 15 is 0 Å². The molecule has 2 aliphatic heterocycles. The zero-order chi connectivity index (χ0) is 33.3. The Kier molecular flexibility index (Phi) is 10.2. The zero-order valence-corrected chi connectivity index (χ0v) is 27.5. The Morgan fingerprint density at radius 1 is 1.22 bits per heavy atom. The number of aryl methyl sites for hydroxylation is 1. The van der Waals surface area contributed by atoms with Crippen LogP contribution in [0.4, 0.5) is 20.3 Å². The van der Waals surface area contributed by atoms with Gasteiger partial charge in [-0.1, -0.05) is 56.1 Å². The molecule has 1 unspecified atom stereocenters. The number of benzene rings is 2. The van der Waals surface area contributed by atoms with E-state index in [4.69, 9.17) is 37.1 Å². The summed E-state index contributed by atoms with van der Waals surface area (Å²) in [5.41, 5.74) is 2.24. The molecule has 2 saturated heterocycles. The number of hydrogen-bond acceptors (Lipinski definition) is 8. The first kappa shape index (κ1) is 33.7. The van der Waals surface area contributed by atoms with Crippen LogP contribution in [0.3, 0.4) is 0 Å². The Morgan fingerprint density at radius 3 is 2.63 bits per heavy atom. The van der Waals surface area contributed by atoms with Gasteiger partial charge in [0.2, 0.25) is 0 Å². The van der Waals surface area contributed by atoms with Crippen LogP contribution in [-0.2, 0) is 14.3 Å². The fraction of sp³-hybridized carbons (Fsp3) is 0.424. The fourth-order valence-corrected chi connectivity index (χ4v) is 6.90. The average Bonchev–Trinajstić information content (AvgIpc) is 3.61. The summed E-state index contributed by atoms with van der Waals surface area (Å²) in [5.74, 6) is -1.54. The van der Waals surface area contributed by atoms with Crippen molar-refractivity contribution < 1.29 is 32.6 Å². The van der Waals surface area contributed by atoms with Crippen molar-refractivity contribution in [3.63, 3.8) is 0 Å². The summed E-state index contributed by atoms with van der Waals surface area (Å²) < 4.78 is 46.0. The fourth-order valence-electron chi connectivity index (χ4n) is 6.21. The Hall–Kier alpha value is -3.67. The average molecular weight is 678 g/mol. The molecule has 4 atom stereocenters. The Bertz CT molecular complexity index is 1730. The Morgan fingerprint density at radius 2 is 1.96 bits per heavy atom. The minimum Gasteiger partial charge on any atom is -0.480 e. The van der Waals surface area contributed by atoms with Gasteiger partial charge in [-0.15, -0.1) is 0 Å². The number of carboxylic acids is 1. The summed E-state index contributed by atoms with van der Waals surface area (Å²) in [6.45, 7) is 13.3. The van der Waals surface area contributed by atoms with Crippen molar-refractivity contribution in [1.29, 1.82) is 0 Å². The second kappa shape index (κ2) is 14.0. The Labute approximate surface area is 275 Å². The lowest BCUT2D eigenvalue weighted by Crippen LogP contribution is -2.45. The SMILES string of the molecule is C=C(O[C@H]1C[C@@H](C(=O)O)N(c2nc(C(F)F)nc3c2oc2ccccc23)C1)N(c1c(C)cc(Cl)cc1Cl)[C@@H]1CCOCC1C.CC. The number of fused-ring (bicyclic) bond motifs is 3. The molecule has 1 N–H and O–H groups in total. The number of alkyl halides is 2. The monoisotopic (exact) mass is 676 g/mol. The van der Waals surface area contributed by atoms with Crippen molar-refractivity contribution in [2.45, 2.75) is 65.1 Å². The number of para-hydroxylation sites is 1. The zero-order valence-electron chi connectivity index (χ0n) is 26.0. The minimum absolute atomic E-state index is 0.0202. The second-order valence-corrected chi connectivity index (χ2v) is 12.0. The van der Waals surface area contributed by atoms with Gasteiger partial charge >= 0.3 is 5.97 Å². The number of aliphatic carboxylic acids is 1. The number of nitrogens with zero attached hydrogens (tertiary/aromatic N) is 4. The summed E-state index contributed by atoms with van der Waals surface area (Å²) in [6, 6.07) is 9.13. The van der Waals surface area contributed by atoms with Crippen molar-refractivity contribution in [2.24, 2.45) is 5.92 Å². The molecular formula is C33H36Cl2F2N4O5. The van der Waals surface area contributed by atoms with Crippen molar-refractivity contribution in [1.82, 2.24) is 9.97 Å². The quantitative estimate of drug-likeness (QED) is 0.184. The van der Waals surface area contributed by atoms with Gasteiger partial charge in [-0.2, -0.15) is 0 Å². The number of ether oxygens (including phenoxy) is 2. The molecule has 2 aromatic carbocycles. The van der Waals surface area contributed by atoms with Gasteiger partial charge in [0.1, 0.15) is 23.2 Å². The molecule has 2 aliphatic rings. The van der Waals surface area contributed by atoms with Gasteiger partial charge in [0.15, 0.2) is 23.1 Å². The number of carboxylic acid groups (broad SMARTS) is 1. The summed E-state index contributed by atoms with van der Waals surface area (Å²) in [5, 5.41) is 11.6. The smallest absolute Gasteiger partial charge is 0.326 e. The van der Waals surface area contributed by atoms with Crippen molar-refractivity contribution in [3.8, 4) is 0 Å². The molecule has 13 heteroatoms. The van der Waals surface area contributed by atoms with Gasteiger partial charge in [-0.05, 0) is 49.8 Å². The van der Waals surface area contributed by atoms with E-state index in [1.807, 2.05) is 25.7 Å². The van der Waals surface area contributed by atoms with Crippen LogP contribution in [0.5, 0.6) is 0 Å². The van der Waals surface area contributed by atoms with Crippen LogP contribution in [0.25, 0.3) is 22.1 Å². The number of carbonyl (C=O) groups is 1. The van der Waals surface area contributed by atoms with Gasteiger partial charge in [-0.3, -0.25) is 0 Å². The minimum atomic E-state index is -2.98. The van der Waals surface area contributed by atoms with Crippen LogP contribution in [0, 0.1) is 12.8 Å². The van der Waals surface area contributed by atoms with E-state index in [9.17, 15) is 18.7 Å². The van der Waals surface area contributed by atoms with E-state index in [-0.39, 0.29) is 47.7 Å². The van der Waals surface area contributed by atoms with Crippen LogP contribution in [0.15, 0.2) is 53.3 Å². The lowest BCUT2D eigenvalue weighted by molar-refractivity contribution is -0.138. The molecule has 0 radical (unpaired) electrons. The molecule has 46 heavy (non-hydrogen) atoms. The summed E-state index contributed by atoms with van der Waals surface area (Å²) >= 11 is 13.0. The highest BCUT2D eigenvalue weighted by Gasteiger charge is 2.42. The first-order valence-electron chi connectivity index (χ1n) is 15.2. The van der Waals surface area contributed by atoms with Gasteiger partial charge in [0.25, 0.3) is 6.43 Å². The number of furan rings is 1. The van der Waals surface area contributed by atoms with E-state index in [0.717, 1.165) is 5.56 Å². The van der Waals surface area contributed by atoms with Crippen LogP contribution in [0.1, 0.15) is 51.4 Å². The largest absolute Gasteiger partial charge is 0.480 e. The summed E-state index contributed by atoms with van der Waals surface area (Å²) in [6.07, 6.45) is -2.95. The molecule has 0 aliphatic carbocycles. The first-order chi connectivity index (χ1) is 22.0. The maximum atomic E-state index is 14.0. The van der Waals surface area contributed by atoms with Gasteiger partial charge < -0.3 is 28.8 Å². The topological polar surface area (TPSA) is 101 Å². The predicted octanol–water partition coefficient (Wildman–Crippen LogP) is 8.41. The summed E-state index contributed by atoms with van der Waals surface area (Å²) in [4.78, 5) is 24.0. The molecule has 2 aromatic heterocycles. The maximum Gasteiger partial charge on any atom is 0.326 e. The maximum absolute atomic E-state index is 14.0. The molecule has 0 bridgehead atoms. The van der Waals surface area contributed by atoms with Crippen molar-refractivity contribution in [2.75, 3.05) is 29.6 Å². The summed E-state index contributed by atoms with van der Waals surface area (Å²) in [7, 11) is 0. The molecule has 9 nitrogen and oxygen atoms in total. The molecule has 2 fully saturated rings. The van der Waals surface area contributed by atoms with Crippen molar-refractivity contribution >= 4 is 62.7 Å². The lowest BCUT2D eigenvalue weighted by atomic mass is 9.95. The van der Waals surface area contributed by atoms with Crippen LogP contribution >= 0.6 is 23.2 Å². The molecule has 4 heterocycles. The Balaban J connectivity index is 0.00000204. The standard InChI is InChI=1S/C31H30Cl2F2N4O5.C2H6/c1-15-10-18(32)11-21(33)26(15)39(22-8-9-42-14-16(22)2)17(3)43-19-12-23(31(40)41)38(13-19)30-27-25(36-29(37-30)28(34)35)20-6-4-5-7-24(20)44-27;1-2/h4-7,10-11,16,19,22-23,28H,3,8-9,12-14H2,1-2H3,(H,40,41);1-2H3/t16?,19-,22+,23-;/m0./s1. The molecule has 0 amide bonds. The molecule has 246 valence electrons. The molecule has 0 spiro atoms. The number of aromatic nitrogens is 2. The van der Waals surface area contributed by atoms with E-state index in [2.05, 4.69) is 23.5 Å². The number of hydrogen-bond donors (Lipinski definition) is 1. The van der Waals surface area contributed by atoms with Crippen LogP contribution in [0.2, 0.25) is 10.0 Å². The van der Waals surface area contributed by atoms with Crippen LogP contribution in [-0.4, -0.2) is 59.0 Å². The number of rotatable bonds is 8. The van der Waals surface area contributed by atoms with E-state index < -0.39 is 30.4 Å². The third kappa shape index (κ3) is 6.45. The third-order valence-electron chi connectivity index (χ3n) is 8.19. The molecule has 6 rings (SSSR count). The normalized spacial score (nSPS) is 21.4. The predicted molar refractivity (Wildman–Crippen MR) is 175 cm³/mol.